The van der Waals surface area contributed by atoms with E-state index in [0.29, 0.717) is 68.6 Å². The van der Waals surface area contributed by atoms with Crippen LogP contribution in [0.1, 0.15) is 216 Å². The van der Waals surface area contributed by atoms with E-state index in [0.717, 1.165) is 49.4 Å². The lowest BCUT2D eigenvalue weighted by atomic mass is 9.47. The summed E-state index contributed by atoms with van der Waals surface area (Å²) in [4.78, 5) is 119. The molecule has 16 N–H and O–H groups in total. The summed E-state index contributed by atoms with van der Waals surface area (Å²) in [6.07, 6.45) is 1.80. The highest BCUT2D eigenvalue weighted by atomic mass is 16.7. The van der Waals surface area contributed by atoms with Crippen LogP contribution in [0.25, 0.3) is 0 Å². The van der Waals surface area contributed by atoms with Crippen LogP contribution in [-0.4, -0.2) is 307 Å². The number of esters is 1. The largest absolute Gasteiger partial charge is 0.462 e. The van der Waals surface area contributed by atoms with Gasteiger partial charge in [0.15, 0.2) is 18.9 Å². The van der Waals surface area contributed by atoms with Crippen LogP contribution in [0.3, 0.4) is 0 Å². The second-order valence-corrected chi connectivity index (χ2v) is 34.6. The fourth-order valence-corrected chi connectivity index (χ4v) is 18.9. The van der Waals surface area contributed by atoms with Gasteiger partial charge in [-0.15, -0.1) is 0 Å². The van der Waals surface area contributed by atoms with Gasteiger partial charge < -0.3 is 131 Å². The third-order valence-electron chi connectivity index (χ3n) is 25.4. The summed E-state index contributed by atoms with van der Waals surface area (Å²) < 4.78 is 51.9. The summed E-state index contributed by atoms with van der Waals surface area (Å²) in [6, 6.07) is -4.58. The summed E-state index contributed by atoms with van der Waals surface area (Å²) in [6.45, 7) is 14.3. The summed E-state index contributed by atoms with van der Waals surface area (Å²) in [5.74, 6) is 0.423. The molecule has 0 aromatic rings. The SMILES string of the molecule is CC(=O)NC1C(OCCCCC(=O)NCCCCC(NC(=O)CCOCCOCCC(=O)O[C@H]2CC[C@@]3(C)C(=CCC4C5CCC([C@H](C)CCCC(C)C)[C@@]5(C)CCC43)C2)C(=O)N(CCNC(=O)CCCCOC2OC(CO)C(O)C(O)C2NC(C)=O)CCNC(=O)CCCCOC2OC(CO)C(O)C(O)C2NC(C)=O)OC(CO)C(O)C1O. The molecule has 8 amide bonds. The Kier molecular flexibility index (Phi) is 42.9. The molecule has 0 aromatic heterocycles. The van der Waals surface area contributed by atoms with Crippen molar-refractivity contribution in [2.75, 3.05) is 98.8 Å². The average molecular weight is 1700 g/mol. The molecule has 35 heteroatoms. The van der Waals surface area contributed by atoms with Crippen LogP contribution in [0.4, 0.5) is 0 Å². The quantitative estimate of drug-likeness (QED) is 0.0229. The third kappa shape index (κ3) is 30.6. The van der Waals surface area contributed by atoms with E-state index in [9.17, 15) is 89.1 Å². The van der Waals surface area contributed by atoms with Gasteiger partial charge >= 0.3 is 5.97 Å². The normalized spacial score (nSPS) is 31.5. The number of carbonyl (C=O) groups is 9. The van der Waals surface area contributed by atoms with Crippen molar-refractivity contribution in [3.63, 3.8) is 0 Å². The maximum atomic E-state index is 14.9. The number of aliphatic hydroxyl groups excluding tert-OH is 9. The number of carbonyl (C=O) groups excluding carboxylic acids is 9. The monoisotopic (exact) mass is 1700 g/mol. The van der Waals surface area contributed by atoms with Crippen LogP contribution in [0.15, 0.2) is 11.6 Å². The first-order valence-electron chi connectivity index (χ1n) is 43.8. The van der Waals surface area contributed by atoms with Crippen LogP contribution >= 0.6 is 0 Å². The Morgan fingerprint density at radius 3 is 1.43 bits per heavy atom. The Morgan fingerprint density at radius 2 is 0.966 bits per heavy atom. The van der Waals surface area contributed by atoms with Crippen molar-refractivity contribution < 1.29 is 132 Å². The molecule has 20 unspecified atom stereocenters. The first kappa shape index (κ1) is 100. The topological polar surface area (TPSA) is 506 Å². The number of amides is 8. The molecular formula is C84H144N8O27. The maximum absolute atomic E-state index is 14.9. The molecule has 0 radical (unpaired) electrons. The number of ether oxygens (including phenoxy) is 9. The molecule has 3 aliphatic heterocycles. The van der Waals surface area contributed by atoms with E-state index >= 15 is 0 Å². The van der Waals surface area contributed by atoms with Crippen molar-refractivity contribution in [3.05, 3.63) is 11.6 Å². The van der Waals surface area contributed by atoms with Crippen molar-refractivity contribution in [2.45, 2.75) is 320 Å². The van der Waals surface area contributed by atoms with Gasteiger partial charge in [-0.2, -0.15) is 0 Å². The molecule has 7 aliphatic rings. The molecule has 682 valence electrons. The summed E-state index contributed by atoms with van der Waals surface area (Å²) >= 11 is 0. The molecule has 3 saturated carbocycles. The van der Waals surface area contributed by atoms with E-state index in [2.05, 4.69) is 77.9 Å². The average Bonchev–Trinajstić information content (AvgIpc) is 1.65. The second kappa shape index (κ2) is 50.9. The van der Waals surface area contributed by atoms with E-state index in [1.807, 2.05) is 0 Å². The van der Waals surface area contributed by atoms with Gasteiger partial charge in [0.05, 0.1) is 52.7 Å². The highest BCUT2D eigenvalue weighted by Crippen LogP contribution is 2.67. The lowest BCUT2D eigenvalue weighted by Crippen LogP contribution is -2.64. The van der Waals surface area contributed by atoms with Crippen LogP contribution in [0, 0.1) is 46.3 Å². The predicted octanol–water partition coefficient (Wildman–Crippen LogP) is 0.977. The van der Waals surface area contributed by atoms with E-state index < -0.39 is 159 Å². The molecule has 4 aliphatic carbocycles. The smallest absolute Gasteiger partial charge is 0.308 e. The molecule has 0 spiro atoms. The Hall–Kier alpha value is -5.71. The van der Waals surface area contributed by atoms with Gasteiger partial charge in [-0.05, 0) is 149 Å². The Labute approximate surface area is 701 Å². The lowest BCUT2D eigenvalue weighted by molar-refractivity contribution is -0.270. The highest BCUT2D eigenvalue weighted by Gasteiger charge is 2.60. The number of aliphatic hydroxyl groups is 9. The fraction of sp³-hybridized carbons (Fsp3) is 0.869. The number of allylic oxidation sites excluding steroid dienone is 1. The van der Waals surface area contributed by atoms with Gasteiger partial charge in [-0.25, -0.2) is 0 Å². The number of nitrogens with zero attached hydrogens (tertiary/aromatic N) is 1. The zero-order chi connectivity index (χ0) is 86.9. The first-order chi connectivity index (χ1) is 56.8. The molecule has 35 nitrogen and oxygen atoms in total. The van der Waals surface area contributed by atoms with Crippen molar-refractivity contribution in [1.82, 2.24) is 42.1 Å². The molecule has 6 fully saturated rings. The van der Waals surface area contributed by atoms with Crippen molar-refractivity contribution in [1.29, 1.82) is 0 Å². The minimum absolute atomic E-state index is 0.000326. The molecule has 7 rings (SSSR count). The number of hydrogen-bond donors (Lipinski definition) is 16. The van der Waals surface area contributed by atoms with Gasteiger partial charge in [0.2, 0.25) is 47.3 Å². The lowest BCUT2D eigenvalue weighted by Gasteiger charge is -2.58. The number of fused-ring (bicyclic) bond motifs is 5. The maximum Gasteiger partial charge on any atom is 0.308 e. The molecule has 0 aromatic carbocycles. The van der Waals surface area contributed by atoms with E-state index in [1.165, 1.54) is 76.2 Å². The molecule has 119 heavy (non-hydrogen) atoms. The zero-order valence-corrected chi connectivity index (χ0v) is 71.5. The third-order valence-corrected chi connectivity index (χ3v) is 25.4. The molecule has 0 bridgehead atoms. The van der Waals surface area contributed by atoms with E-state index in [-0.39, 0.29) is 141 Å². The van der Waals surface area contributed by atoms with Crippen LogP contribution in [0.5, 0.6) is 0 Å². The molecular weight excluding hydrogens is 1550 g/mol. The van der Waals surface area contributed by atoms with Gasteiger partial charge in [0, 0.05) is 105 Å². The van der Waals surface area contributed by atoms with Crippen molar-refractivity contribution >= 4 is 53.2 Å². The second-order valence-electron chi connectivity index (χ2n) is 34.6. The van der Waals surface area contributed by atoms with Crippen LogP contribution in [-0.2, 0) is 85.8 Å². The minimum Gasteiger partial charge on any atom is -0.462 e. The Balaban J connectivity index is 0.906. The Bertz CT molecular complexity index is 3100. The van der Waals surface area contributed by atoms with Crippen LogP contribution in [0.2, 0.25) is 0 Å². The number of hydrogen-bond acceptors (Lipinski definition) is 27. The first-order valence-corrected chi connectivity index (χ1v) is 43.8. The number of unbranched alkanes of at least 4 members (excludes halogenated alkanes) is 4. The van der Waals surface area contributed by atoms with Gasteiger partial charge in [0.25, 0.3) is 0 Å². The summed E-state index contributed by atoms with van der Waals surface area (Å²) in [5, 5.41) is 111. The van der Waals surface area contributed by atoms with Crippen LogP contribution < -0.4 is 37.2 Å². The molecule has 3 heterocycles. The standard InChI is InChI=1S/C84H144N8O27/c1-50(2)18-17-19-51(3)58-26-27-59-57-25-24-55-46-56(28-32-83(55,7)60(57)29-33-84(58,59)8)116-69(103)31-43-112-45-44-111-42-30-68(102)91-61(20-9-13-34-85-65(99)21-10-14-39-113-80-70(88-52(4)96)76(107)73(104)62(47-93)117-80)79(110)92(37-35-86-66(100)22-11-15-40-114-81-71(89-53(5)97)77(108)74(105)63(48-94)118-81)38-36-87-67(101)23-12-16-41-115-82-72(90-54(6)98)78(109)75(106)64(49-95)119-82/h24,50-51,56-64,70-78,80-82,93-95,104-109H,9-23,25-49H2,1-8H3,(H,85,99)(H,86,100)(H,87,101)(H,88,96)(H,89,97)(H,90,98)(H,91,102)/t51-,56+,57?,58?,59?,60?,61?,62?,63?,64?,70?,71?,72?,73?,74?,75?,76?,77?,78?,80?,81?,82?,83+,84-/m1/s1. The predicted molar refractivity (Wildman–Crippen MR) is 431 cm³/mol. The highest BCUT2D eigenvalue weighted by molar-refractivity contribution is 5.88. The van der Waals surface area contributed by atoms with E-state index in [4.69, 9.17) is 42.6 Å². The van der Waals surface area contributed by atoms with Gasteiger partial charge in [-0.3, -0.25) is 43.2 Å². The minimum atomic E-state index is -1.51. The molecule has 3 saturated heterocycles. The molecule has 24 atom stereocenters. The fourth-order valence-electron chi connectivity index (χ4n) is 18.9. The zero-order valence-electron chi connectivity index (χ0n) is 71.5. The summed E-state index contributed by atoms with van der Waals surface area (Å²) in [5.41, 5.74) is 1.99. The summed E-state index contributed by atoms with van der Waals surface area (Å²) in [7, 11) is 0. The number of rotatable bonds is 52. The van der Waals surface area contributed by atoms with Crippen molar-refractivity contribution in [2.24, 2.45) is 46.3 Å². The van der Waals surface area contributed by atoms with Gasteiger partial charge in [0.1, 0.15) is 85.2 Å². The van der Waals surface area contributed by atoms with E-state index in [1.54, 1.807) is 0 Å². The van der Waals surface area contributed by atoms with Crippen molar-refractivity contribution in [3.8, 4) is 0 Å². The van der Waals surface area contributed by atoms with Gasteiger partial charge in [-0.1, -0.05) is 65.5 Å². The Morgan fingerprint density at radius 1 is 0.496 bits per heavy atom. The number of nitrogens with one attached hydrogen (secondary N) is 7.